The monoisotopic (exact) mass is 356 g/mol. The second-order valence-electron chi connectivity index (χ2n) is 7.89. The first-order valence-corrected chi connectivity index (χ1v) is 9.88. The largest absolute Gasteiger partial charge is 0.347 e. The average Bonchev–Trinajstić information content (AvgIpc) is 3.11. The maximum Gasteiger partial charge on any atom is 0.190 e. The van der Waals surface area contributed by atoms with E-state index in [1.165, 1.54) is 24.0 Å². The van der Waals surface area contributed by atoms with E-state index in [1.807, 2.05) is 18.7 Å². The van der Waals surface area contributed by atoms with Gasteiger partial charge in [-0.1, -0.05) is 56.5 Å². The van der Waals surface area contributed by atoms with Crippen molar-refractivity contribution in [3.8, 4) is 0 Å². The number of benzene rings is 1. The summed E-state index contributed by atoms with van der Waals surface area (Å²) in [7, 11) is 0. The average molecular weight is 357 g/mol. The van der Waals surface area contributed by atoms with Crippen molar-refractivity contribution in [3.63, 3.8) is 0 Å². The van der Waals surface area contributed by atoms with E-state index in [9.17, 15) is 0 Å². The molecule has 0 atom stereocenters. The Bertz CT molecular complexity index is 665. The summed E-state index contributed by atoms with van der Waals surface area (Å²) < 4.78 is 15.1. The summed E-state index contributed by atoms with van der Waals surface area (Å²) in [6.07, 6.45) is 11.0. The smallest absolute Gasteiger partial charge is 0.190 e. The SMILES string of the molecule is CCCC1(CCC)COC(Cc2cccc(C)c2)(Cn2ccnc2)OC1. The van der Waals surface area contributed by atoms with E-state index in [1.54, 1.807) is 0 Å². The highest BCUT2D eigenvalue weighted by atomic mass is 16.7. The molecule has 2 aromatic rings. The van der Waals surface area contributed by atoms with Gasteiger partial charge in [-0.2, -0.15) is 0 Å². The molecule has 1 aromatic heterocycles. The van der Waals surface area contributed by atoms with Crippen LogP contribution in [0, 0.1) is 12.3 Å². The Morgan fingerprint density at radius 1 is 1.12 bits per heavy atom. The first kappa shape index (κ1) is 19.1. The molecule has 3 rings (SSSR count). The van der Waals surface area contributed by atoms with E-state index in [4.69, 9.17) is 9.47 Å². The molecular formula is C22H32N2O2. The van der Waals surface area contributed by atoms with Gasteiger partial charge >= 0.3 is 0 Å². The van der Waals surface area contributed by atoms with Gasteiger partial charge in [0.05, 0.1) is 26.1 Å². The number of hydrogen-bond donors (Lipinski definition) is 0. The lowest BCUT2D eigenvalue weighted by atomic mass is 9.79. The molecule has 1 saturated heterocycles. The molecule has 0 aliphatic carbocycles. The number of rotatable bonds is 8. The van der Waals surface area contributed by atoms with Gasteiger partial charge in [-0.15, -0.1) is 0 Å². The summed E-state index contributed by atoms with van der Waals surface area (Å²) in [5.41, 5.74) is 2.68. The zero-order valence-corrected chi connectivity index (χ0v) is 16.4. The molecule has 0 N–H and O–H groups in total. The third kappa shape index (κ3) is 4.54. The maximum atomic E-state index is 6.53. The fourth-order valence-electron chi connectivity index (χ4n) is 4.17. The highest BCUT2D eigenvalue weighted by Gasteiger charge is 2.44. The molecule has 4 nitrogen and oxygen atoms in total. The second-order valence-corrected chi connectivity index (χ2v) is 7.89. The number of hydrogen-bond acceptors (Lipinski definition) is 3. The Balaban J connectivity index is 1.80. The van der Waals surface area contributed by atoms with Crippen molar-refractivity contribution >= 4 is 0 Å². The minimum absolute atomic E-state index is 0.161. The minimum atomic E-state index is -0.626. The Kier molecular flexibility index (Phi) is 6.15. The Morgan fingerprint density at radius 3 is 2.42 bits per heavy atom. The topological polar surface area (TPSA) is 36.3 Å². The van der Waals surface area contributed by atoms with Crippen LogP contribution in [-0.4, -0.2) is 28.6 Å². The fourth-order valence-corrected chi connectivity index (χ4v) is 4.17. The lowest BCUT2D eigenvalue weighted by Crippen LogP contribution is -2.53. The summed E-state index contributed by atoms with van der Waals surface area (Å²) in [4.78, 5) is 4.18. The molecule has 0 radical (unpaired) electrons. The van der Waals surface area contributed by atoms with Gasteiger partial charge < -0.3 is 14.0 Å². The minimum Gasteiger partial charge on any atom is -0.347 e. The van der Waals surface area contributed by atoms with Crippen molar-refractivity contribution < 1.29 is 9.47 Å². The van der Waals surface area contributed by atoms with Crippen molar-refractivity contribution in [1.82, 2.24) is 9.55 Å². The summed E-state index contributed by atoms with van der Waals surface area (Å²) in [5.74, 6) is -0.626. The number of nitrogens with zero attached hydrogens (tertiary/aromatic N) is 2. The van der Waals surface area contributed by atoms with E-state index < -0.39 is 5.79 Å². The van der Waals surface area contributed by atoms with Crippen molar-refractivity contribution in [2.45, 2.75) is 65.2 Å². The van der Waals surface area contributed by atoms with Crippen LogP contribution >= 0.6 is 0 Å². The number of ether oxygens (including phenoxy) is 2. The van der Waals surface area contributed by atoms with Crippen LogP contribution < -0.4 is 0 Å². The zero-order valence-electron chi connectivity index (χ0n) is 16.4. The van der Waals surface area contributed by atoms with Crippen LogP contribution in [0.1, 0.15) is 50.7 Å². The van der Waals surface area contributed by atoms with Crippen LogP contribution in [0.3, 0.4) is 0 Å². The maximum absolute atomic E-state index is 6.53. The third-order valence-electron chi connectivity index (χ3n) is 5.38. The summed E-state index contributed by atoms with van der Waals surface area (Å²) >= 11 is 0. The van der Waals surface area contributed by atoms with Gasteiger partial charge in [-0.3, -0.25) is 0 Å². The molecule has 0 saturated carbocycles. The molecule has 1 aliphatic heterocycles. The van der Waals surface area contributed by atoms with Crippen LogP contribution in [0.2, 0.25) is 0 Å². The Hall–Kier alpha value is -1.65. The molecule has 0 amide bonds. The van der Waals surface area contributed by atoms with E-state index in [0.717, 1.165) is 32.5 Å². The molecular weight excluding hydrogens is 324 g/mol. The number of aromatic nitrogens is 2. The van der Waals surface area contributed by atoms with Gasteiger partial charge in [-0.25, -0.2) is 4.98 Å². The zero-order chi connectivity index (χ0) is 18.5. The molecule has 1 aromatic carbocycles. The Morgan fingerprint density at radius 2 is 1.85 bits per heavy atom. The van der Waals surface area contributed by atoms with Gasteiger partial charge in [0.15, 0.2) is 5.79 Å². The Labute approximate surface area is 157 Å². The summed E-state index contributed by atoms with van der Waals surface area (Å²) in [6.45, 7) is 8.83. The van der Waals surface area contributed by atoms with Crippen LogP contribution in [0.25, 0.3) is 0 Å². The highest BCUT2D eigenvalue weighted by molar-refractivity contribution is 5.23. The van der Waals surface area contributed by atoms with E-state index in [0.29, 0.717) is 6.54 Å². The van der Waals surface area contributed by atoms with Gasteiger partial charge in [0.1, 0.15) is 0 Å². The van der Waals surface area contributed by atoms with Crippen molar-refractivity contribution in [2.24, 2.45) is 5.41 Å². The van der Waals surface area contributed by atoms with Crippen LogP contribution in [-0.2, 0) is 22.4 Å². The normalized spacial score (nSPS) is 18.7. The quantitative estimate of drug-likeness (QED) is 0.684. The van der Waals surface area contributed by atoms with Crippen molar-refractivity contribution in [3.05, 3.63) is 54.1 Å². The van der Waals surface area contributed by atoms with Crippen LogP contribution in [0.4, 0.5) is 0 Å². The van der Waals surface area contributed by atoms with Crippen molar-refractivity contribution in [2.75, 3.05) is 13.2 Å². The first-order valence-electron chi connectivity index (χ1n) is 9.88. The molecule has 0 spiro atoms. The predicted molar refractivity (Wildman–Crippen MR) is 104 cm³/mol. The third-order valence-corrected chi connectivity index (χ3v) is 5.38. The van der Waals surface area contributed by atoms with Gasteiger partial charge in [0.25, 0.3) is 0 Å². The lowest BCUT2D eigenvalue weighted by Gasteiger charge is -2.47. The number of aryl methyl sites for hydroxylation is 1. The molecule has 0 bridgehead atoms. The van der Waals surface area contributed by atoms with Crippen molar-refractivity contribution in [1.29, 1.82) is 0 Å². The second kappa shape index (κ2) is 8.36. The molecule has 0 unspecified atom stereocenters. The standard InChI is InChI=1S/C22H32N2O2/c1-4-9-21(10-5-2)16-25-22(26-17-21,15-24-12-11-23-18-24)14-20-8-6-7-19(3)13-20/h6-8,11-13,18H,4-5,9-10,14-17H2,1-3H3. The number of imidazole rings is 1. The van der Waals surface area contributed by atoms with E-state index in [2.05, 4.69) is 54.6 Å². The summed E-state index contributed by atoms with van der Waals surface area (Å²) in [5, 5.41) is 0. The molecule has 1 aliphatic rings. The molecule has 142 valence electrons. The highest BCUT2D eigenvalue weighted by Crippen LogP contribution is 2.39. The summed E-state index contributed by atoms with van der Waals surface area (Å²) in [6, 6.07) is 8.62. The molecule has 4 heteroatoms. The van der Waals surface area contributed by atoms with Gasteiger partial charge in [0, 0.05) is 24.2 Å². The van der Waals surface area contributed by atoms with E-state index >= 15 is 0 Å². The van der Waals surface area contributed by atoms with Crippen LogP contribution in [0.5, 0.6) is 0 Å². The molecule has 26 heavy (non-hydrogen) atoms. The predicted octanol–water partition coefficient (Wildman–Crippen LogP) is 4.76. The van der Waals surface area contributed by atoms with E-state index in [-0.39, 0.29) is 5.41 Å². The van der Waals surface area contributed by atoms with Gasteiger partial charge in [0.2, 0.25) is 0 Å². The lowest BCUT2D eigenvalue weighted by molar-refractivity contribution is -0.311. The van der Waals surface area contributed by atoms with Crippen LogP contribution in [0.15, 0.2) is 43.0 Å². The first-order chi connectivity index (χ1) is 12.6. The molecule has 1 fully saturated rings. The fraction of sp³-hybridized carbons (Fsp3) is 0.591. The van der Waals surface area contributed by atoms with Gasteiger partial charge in [-0.05, 0) is 25.3 Å². The molecule has 2 heterocycles.